The van der Waals surface area contributed by atoms with Crippen LogP contribution in [0, 0.1) is 0 Å². The average Bonchev–Trinajstić information content (AvgIpc) is 2.91. The second-order valence-electron chi connectivity index (χ2n) is 8.71. The summed E-state index contributed by atoms with van der Waals surface area (Å²) in [7, 11) is 0. The van der Waals surface area contributed by atoms with Gasteiger partial charge in [-0.05, 0) is 41.7 Å². The molecular formula is C23H25N3O5. The van der Waals surface area contributed by atoms with E-state index in [1.165, 1.54) is 24.3 Å². The Hall–Kier alpha value is -3.68. The fourth-order valence-corrected chi connectivity index (χ4v) is 3.41. The van der Waals surface area contributed by atoms with Crippen LogP contribution in [0.15, 0.2) is 48.5 Å². The molecule has 1 unspecified atom stereocenters. The third-order valence-electron chi connectivity index (χ3n) is 5.30. The van der Waals surface area contributed by atoms with E-state index in [1.54, 1.807) is 19.1 Å². The van der Waals surface area contributed by atoms with Crippen LogP contribution in [0.3, 0.4) is 0 Å². The Bertz CT molecular complexity index is 1060. The molecule has 2 aromatic rings. The fourth-order valence-electron chi connectivity index (χ4n) is 3.41. The van der Waals surface area contributed by atoms with Gasteiger partial charge in [-0.15, -0.1) is 0 Å². The third kappa shape index (κ3) is 4.42. The SMILES string of the molecule is CC(C)(C)c1ccc(C2(C)NC(=O)N(CC(=O)Nc3cccc(C(=O)O)c3)C2=O)cc1. The number of nitrogens with zero attached hydrogens (tertiary/aromatic N) is 1. The number of imide groups is 1. The molecule has 4 amide bonds. The van der Waals surface area contributed by atoms with Crippen LogP contribution in [0.4, 0.5) is 10.5 Å². The third-order valence-corrected chi connectivity index (χ3v) is 5.30. The molecule has 1 heterocycles. The molecule has 162 valence electrons. The Balaban J connectivity index is 1.74. The van der Waals surface area contributed by atoms with Crippen molar-refractivity contribution in [2.45, 2.75) is 38.6 Å². The number of anilines is 1. The Kier molecular flexibility index (Phi) is 5.59. The van der Waals surface area contributed by atoms with Gasteiger partial charge in [-0.3, -0.25) is 14.5 Å². The predicted molar refractivity (Wildman–Crippen MR) is 115 cm³/mol. The highest BCUT2D eigenvalue weighted by molar-refractivity contribution is 6.10. The van der Waals surface area contributed by atoms with Gasteiger partial charge < -0.3 is 15.7 Å². The largest absolute Gasteiger partial charge is 0.478 e. The number of urea groups is 1. The number of carboxylic acids is 1. The first-order valence-electron chi connectivity index (χ1n) is 9.80. The lowest BCUT2D eigenvalue weighted by Gasteiger charge is -2.24. The summed E-state index contributed by atoms with van der Waals surface area (Å²) in [5.74, 6) is -2.27. The van der Waals surface area contributed by atoms with E-state index in [-0.39, 0.29) is 16.7 Å². The zero-order chi connectivity index (χ0) is 23.0. The summed E-state index contributed by atoms with van der Waals surface area (Å²) in [6.45, 7) is 7.36. The first-order valence-corrected chi connectivity index (χ1v) is 9.80. The van der Waals surface area contributed by atoms with E-state index in [0.717, 1.165) is 10.5 Å². The number of carbonyl (C=O) groups is 4. The van der Waals surface area contributed by atoms with Crippen molar-refractivity contribution in [1.82, 2.24) is 10.2 Å². The van der Waals surface area contributed by atoms with Gasteiger partial charge in [0.1, 0.15) is 12.1 Å². The number of rotatable bonds is 5. The smallest absolute Gasteiger partial charge is 0.335 e. The lowest BCUT2D eigenvalue weighted by atomic mass is 9.84. The topological polar surface area (TPSA) is 116 Å². The molecule has 1 saturated heterocycles. The summed E-state index contributed by atoms with van der Waals surface area (Å²) in [5.41, 5.74) is 0.658. The molecule has 3 N–H and O–H groups in total. The summed E-state index contributed by atoms with van der Waals surface area (Å²) >= 11 is 0. The molecule has 0 saturated carbocycles. The average molecular weight is 423 g/mol. The van der Waals surface area contributed by atoms with Gasteiger partial charge in [0, 0.05) is 5.69 Å². The van der Waals surface area contributed by atoms with Crippen molar-refractivity contribution in [3.05, 3.63) is 65.2 Å². The Labute approximate surface area is 180 Å². The van der Waals surface area contributed by atoms with Crippen LogP contribution in [0.25, 0.3) is 0 Å². The van der Waals surface area contributed by atoms with Crippen molar-refractivity contribution >= 4 is 29.5 Å². The van der Waals surface area contributed by atoms with Crippen LogP contribution < -0.4 is 10.6 Å². The first kappa shape index (κ1) is 22.0. The highest BCUT2D eigenvalue weighted by Crippen LogP contribution is 2.31. The summed E-state index contributed by atoms with van der Waals surface area (Å²) in [4.78, 5) is 49.8. The van der Waals surface area contributed by atoms with E-state index < -0.39 is 35.9 Å². The van der Waals surface area contributed by atoms with Crippen LogP contribution in [-0.4, -0.2) is 40.4 Å². The molecule has 1 fully saturated rings. The minimum atomic E-state index is -1.28. The van der Waals surface area contributed by atoms with Crippen molar-refractivity contribution in [2.75, 3.05) is 11.9 Å². The number of aromatic carboxylic acids is 1. The van der Waals surface area contributed by atoms with Gasteiger partial charge >= 0.3 is 12.0 Å². The Morgan fingerprint density at radius 3 is 2.32 bits per heavy atom. The molecule has 1 aliphatic heterocycles. The molecule has 0 bridgehead atoms. The molecule has 8 heteroatoms. The molecule has 1 atom stereocenters. The van der Waals surface area contributed by atoms with Crippen LogP contribution in [0.1, 0.15) is 49.2 Å². The second kappa shape index (κ2) is 7.86. The number of amides is 4. The molecule has 0 radical (unpaired) electrons. The maximum absolute atomic E-state index is 13.0. The number of hydrogen-bond acceptors (Lipinski definition) is 4. The quantitative estimate of drug-likeness (QED) is 0.639. The second-order valence-corrected chi connectivity index (χ2v) is 8.71. The van der Waals surface area contributed by atoms with Gasteiger partial charge in [0.2, 0.25) is 5.91 Å². The highest BCUT2D eigenvalue weighted by atomic mass is 16.4. The Morgan fingerprint density at radius 1 is 1.10 bits per heavy atom. The summed E-state index contributed by atoms with van der Waals surface area (Å²) in [6.07, 6.45) is 0. The van der Waals surface area contributed by atoms with E-state index in [2.05, 4.69) is 31.4 Å². The van der Waals surface area contributed by atoms with Gasteiger partial charge in [-0.2, -0.15) is 0 Å². The van der Waals surface area contributed by atoms with Gasteiger partial charge in [-0.1, -0.05) is 51.1 Å². The number of hydrogen-bond donors (Lipinski definition) is 3. The van der Waals surface area contributed by atoms with Crippen LogP contribution >= 0.6 is 0 Å². The van der Waals surface area contributed by atoms with Crippen molar-refractivity contribution in [2.24, 2.45) is 0 Å². The van der Waals surface area contributed by atoms with E-state index >= 15 is 0 Å². The molecule has 2 aromatic carbocycles. The van der Waals surface area contributed by atoms with Crippen molar-refractivity contribution < 1.29 is 24.3 Å². The van der Waals surface area contributed by atoms with Crippen LogP contribution in [0.2, 0.25) is 0 Å². The minimum Gasteiger partial charge on any atom is -0.478 e. The molecule has 1 aliphatic rings. The molecular weight excluding hydrogens is 398 g/mol. The monoisotopic (exact) mass is 423 g/mol. The Morgan fingerprint density at radius 2 is 1.74 bits per heavy atom. The van der Waals surface area contributed by atoms with Gasteiger partial charge in [0.15, 0.2) is 0 Å². The van der Waals surface area contributed by atoms with E-state index in [1.807, 2.05) is 12.1 Å². The van der Waals surface area contributed by atoms with E-state index in [9.17, 15) is 19.2 Å². The van der Waals surface area contributed by atoms with Crippen LogP contribution in [0.5, 0.6) is 0 Å². The molecule has 0 spiro atoms. The molecule has 31 heavy (non-hydrogen) atoms. The lowest BCUT2D eigenvalue weighted by molar-refractivity contribution is -0.133. The molecule has 0 aliphatic carbocycles. The highest BCUT2D eigenvalue weighted by Gasteiger charge is 2.49. The zero-order valence-corrected chi connectivity index (χ0v) is 17.9. The summed E-state index contributed by atoms with van der Waals surface area (Å²) < 4.78 is 0. The summed E-state index contributed by atoms with van der Waals surface area (Å²) in [5, 5.41) is 14.2. The van der Waals surface area contributed by atoms with E-state index in [4.69, 9.17) is 5.11 Å². The van der Waals surface area contributed by atoms with Crippen molar-refractivity contribution in [3.8, 4) is 0 Å². The number of carboxylic acid groups (broad SMARTS) is 1. The standard InChI is InChI=1S/C23H25N3O5/c1-22(2,3)15-8-10-16(11-9-15)23(4)20(30)26(21(31)25-23)13-18(27)24-17-7-5-6-14(12-17)19(28)29/h5-12H,13H2,1-4H3,(H,24,27)(H,25,31)(H,28,29). The van der Waals surface area contributed by atoms with Gasteiger partial charge in [-0.25, -0.2) is 9.59 Å². The van der Waals surface area contributed by atoms with Gasteiger partial charge in [0.05, 0.1) is 5.56 Å². The number of nitrogens with one attached hydrogen (secondary N) is 2. The lowest BCUT2D eigenvalue weighted by Crippen LogP contribution is -2.42. The van der Waals surface area contributed by atoms with Gasteiger partial charge in [0.25, 0.3) is 5.91 Å². The molecule has 0 aromatic heterocycles. The number of carbonyl (C=O) groups excluding carboxylic acids is 3. The van der Waals surface area contributed by atoms with Crippen molar-refractivity contribution in [3.63, 3.8) is 0 Å². The maximum atomic E-state index is 13.0. The summed E-state index contributed by atoms with van der Waals surface area (Å²) in [6, 6.07) is 12.5. The fraction of sp³-hybridized carbons (Fsp3) is 0.304. The van der Waals surface area contributed by atoms with Crippen LogP contribution in [-0.2, 0) is 20.5 Å². The zero-order valence-electron chi connectivity index (χ0n) is 17.9. The first-order chi connectivity index (χ1) is 14.4. The van der Waals surface area contributed by atoms with Crippen molar-refractivity contribution in [1.29, 1.82) is 0 Å². The normalized spacial score (nSPS) is 18.6. The maximum Gasteiger partial charge on any atom is 0.335 e. The molecule has 3 rings (SSSR count). The number of benzene rings is 2. The minimum absolute atomic E-state index is 0.0130. The molecule has 8 nitrogen and oxygen atoms in total. The van der Waals surface area contributed by atoms with E-state index in [0.29, 0.717) is 5.56 Å². The predicted octanol–water partition coefficient (Wildman–Crippen LogP) is 3.09.